The van der Waals surface area contributed by atoms with E-state index in [0.717, 1.165) is 0 Å². The van der Waals surface area contributed by atoms with E-state index in [1.165, 1.54) is 25.3 Å². The van der Waals surface area contributed by atoms with Gasteiger partial charge in [-0.2, -0.15) is 0 Å². The zero-order chi connectivity index (χ0) is 18.9. The first kappa shape index (κ1) is 19.4. The minimum Gasteiger partial charge on any atom is -0.496 e. The highest BCUT2D eigenvalue weighted by Crippen LogP contribution is 2.20. The zero-order valence-electron chi connectivity index (χ0n) is 14.8. The Labute approximate surface area is 151 Å². The van der Waals surface area contributed by atoms with Crippen molar-refractivity contribution in [2.24, 2.45) is 0 Å². The van der Waals surface area contributed by atoms with Crippen molar-refractivity contribution in [1.82, 2.24) is 0 Å². The molecule has 0 bridgehead atoms. The molecule has 0 aliphatic heterocycles. The number of rotatable bonds is 9. The van der Waals surface area contributed by atoms with Crippen LogP contribution in [0.5, 0.6) is 11.5 Å². The van der Waals surface area contributed by atoms with E-state index in [1.807, 2.05) is 6.92 Å². The quantitative estimate of drug-likeness (QED) is 0.501. The van der Waals surface area contributed by atoms with Gasteiger partial charge in [-0.25, -0.2) is 4.39 Å². The maximum Gasteiger partial charge on any atom is 0.306 e. The molecule has 0 heterocycles. The summed E-state index contributed by atoms with van der Waals surface area (Å²) in [6.07, 6.45) is -0.0171. The number of Topliss-reactive ketones (excluding diaryl/α,β-unsaturated/α-hetero) is 1. The molecule has 0 amide bonds. The van der Waals surface area contributed by atoms with Gasteiger partial charge in [-0.05, 0) is 49.4 Å². The Hall–Kier alpha value is -2.89. The molecule has 0 N–H and O–H groups in total. The summed E-state index contributed by atoms with van der Waals surface area (Å²) < 4.78 is 28.8. The fourth-order valence-corrected chi connectivity index (χ4v) is 2.35. The van der Waals surface area contributed by atoms with Crippen molar-refractivity contribution >= 4 is 11.8 Å². The van der Waals surface area contributed by atoms with Gasteiger partial charge in [0.25, 0.3) is 0 Å². The van der Waals surface area contributed by atoms with Crippen LogP contribution in [-0.2, 0) is 16.1 Å². The molecular formula is C20H21FO5. The van der Waals surface area contributed by atoms with Gasteiger partial charge in [0.1, 0.15) is 23.9 Å². The average Bonchev–Trinajstić information content (AvgIpc) is 2.65. The highest BCUT2D eigenvalue weighted by Gasteiger charge is 2.12. The van der Waals surface area contributed by atoms with E-state index in [2.05, 4.69) is 0 Å². The zero-order valence-corrected chi connectivity index (χ0v) is 14.8. The Morgan fingerprint density at radius 2 is 1.77 bits per heavy atom. The van der Waals surface area contributed by atoms with Crippen LogP contribution >= 0.6 is 0 Å². The number of ether oxygens (including phenoxy) is 3. The molecule has 0 aliphatic carbocycles. The summed E-state index contributed by atoms with van der Waals surface area (Å²) in [6.45, 7) is 2.32. The summed E-state index contributed by atoms with van der Waals surface area (Å²) in [5.74, 6) is -0.0105. The topological polar surface area (TPSA) is 61.8 Å². The molecule has 0 aliphatic rings. The maximum atomic E-state index is 13.3. The predicted octanol–water partition coefficient (Wildman–Crippen LogP) is 3.94. The van der Waals surface area contributed by atoms with E-state index in [-0.39, 0.29) is 25.2 Å². The molecule has 2 aromatic rings. The molecular weight excluding hydrogens is 339 g/mol. The van der Waals surface area contributed by atoms with Gasteiger partial charge >= 0.3 is 5.97 Å². The first-order chi connectivity index (χ1) is 12.5. The second kappa shape index (κ2) is 9.56. The fraction of sp³-hybridized carbons (Fsp3) is 0.300. The maximum absolute atomic E-state index is 13.3. The highest BCUT2D eigenvalue weighted by atomic mass is 19.1. The fourth-order valence-electron chi connectivity index (χ4n) is 2.35. The lowest BCUT2D eigenvalue weighted by molar-refractivity contribution is -0.144. The first-order valence-electron chi connectivity index (χ1n) is 8.27. The number of benzene rings is 2. The van der Waals surface area contributed by atoms with E-state index in [1.54, 1.807) is 24.3 Å². The van der Waals surface area contributed by atoms with Crippen LogP contribution in [0.1, 0.15) is 35.7 Å². The van der Waals surface area contributed by atoms with Gasteiger partial charge in [0.05, 0.1) is 20.1 Å². The number of methoxy groups -OCH3 is 1. The number of halogens is 1. The van der Waals surface area contributed by atoms with Crippen molar-refractivity contribution < 1.29 is 28.2 Å². The monoisotopic (exact) mass is 360 g/mol. The summed E-state index contributed by atoms with van der Waals surface area (Å²) >= 11 is 0. The van der Waals surface area contributed by atoms with Crippen molar-refractivity contribution in [3.8, 4) is 11.5 Å². The lowest BCUT2D eigenvalue weighted by atomic mass is 10.1. The van der Waals surface area contributed by atoms with E-state index in [0.29, 0.717) is 29.2 Å². The van der Waals surface area contributed by atoms with Crippen LogP contribution in [-0.4, -0.2) is 25.5 Å². The van der Waals surface area contributed by atoms with Crippen LogP contribution < -0.4 is 9.47 Å². The summed E-state index contributed by atoms with van der Waals surface area (Å²) in [7, 11) is 1.45. The lowest BCUT2D eigenvalue weighted by Crippen LogP contribution is -2.09. The third-order valence-electron chi connectivity index (χ3n) is 3.67. The normalized spacial score (nSPS) is 10.3. The second-order valence-electron chi connectivity index (χ2n) is 5.50. The number of ketones is 1. The van der Waals surface area contributed by atoms with E-state index in [9.17, 15) is 14.0 Å². The van der Waals surface area contributed by atoms with Crippen molar-refractivity contribution in [3.05, 3.63) is 59.4 Å². The van der Waals surface area contributed by atoms with Crippen LogP contribution in [0, 0.1) is 5.82 Å². The van der Waals surface area contributed by atoms with Gasteiger partial charge in [0.2, 0.25) is 0 Å². The third-order valence-corrected chi connectivity index (χ3v) is 3.67. The number of carbonyl (C=O) groups excluding carboxylic acids is 2. The summed E-state index contributed by atoms with van der Waals surface area (Å²) in [4.78, 5) is 24.0. The Balaban J connectivity index is 1.83. The molecule has 0 radical (unpaired) electrons. The van der Waals surface area contributed by atoms with Crippen LogP contribution in [0.3, 0.4) is 0 Å². The lowest BCUT2D eigenvalue weighted by Gasteiger charge is -2.09. The molecule has 0 aromatic heterocycles. The minimum atomic E-state index is -0.532. The van der Waals surface area contributed by atoms with Gasteiger partial charge < -0.3 is 14.2 Å². The number of carbonyl (C=O) groups is 2. The molecule has 0 saturated carbocycles. The Morgan fingerprint density at radius 1 is 1.04 bits per heavy atom. The summed E-state index contributed by atoms with van der Waals surface area (Å²) in [5, 5.41) is 0. The van der Waals surface area contributed by atoms with Crippen molar-refractivity contribution in [2.75, 3.05) is 13.7 Å². The second-order valence-corrected chi connectivity index (χ2v) is 5.50. The smallest absolute Gasteiger partial charge is 0.306 e. The van der Waals surface area contributed by atoms with Gasteiger partial charge in [-0.1, -0.05) is 0 Å². The largest absolute Gasteiger partial charge is 0.496 e. The Morgan fingerprint density at radius 3 is 2.42 bits per heavy atom. The van der Waals surface area contributed by atoms with Gasteiger partial charge in [0.15, 0.2) is 5.78 Å². The molecule has 0 atom stereocenters. The molecule has 6 heteroatoms. The molecule has 0 fully saturated rings. The van der Waals surface area contributed by atoms with Crippen LogP contribution in [0.4, 0.5) is 4.39 Å². The van der Waals surface area contributed by atoms with E-state index >= 15 is 0 Å². The molecule has 5 nitrogen and oxygen atoms in total. The van der Waals surface area contributed by atoms with Crippen LogP contribution in [0.2, 0.25) is 0 Å². The summed E-state index contributed by atoms with van der Waals surface area (Å²) in [5.41, 5.74) is 0.937. The SMILES string of the molecule is CCOc1ccc(C(=O)CCC(=O)OCc2cc(F)ccc2OC)cc1. The van der Waals surface area contributed by atoms with Crippen LogP contribution in [0.25, 0.3) is 0 Å². The molecule has 138 valence electrons. The molecule has 0 spiro atoms. The number of esters is 1. The van der Waals surface area contributed by atoms with Gasteiger partial charge in [-0.15, -0.1) is 0 Å². The first-order valence-corrected chi connectivity index (χ1v) is 8.27. The van der Waals surface area contributed by atoms with Gasteiger partial charge in [0, 0.05) is 17.5 Å². The molecule has 26 heavy (non-hydrogen) atoms. The molecule has 0 unspecified atom stereocenters. The molecule has 2 rings (SSSR count). The highest BCUT2D eigenvalue weighted by molar-refractivity contribution is 5.97. The standard InChI is InChI=1S/C20H21FO5/c1-3-25-17-7-4-14(5-8-17)18(22)9-11-20(23)26-13-15-12-16(21)6-10-19(15)24-2/h4-8,10,12H,3,9,11,13H2,1-2H3. The van der Waals surface area contributed by atoms with Crippen LogP contribution in [0.15, 0.2) is 42.5 Å². The Bertz CT molecular complexity index is 755. The van der Waals surface area contributed by atoms with Gasteiger partial charge in [-0.3, -0.25) is 9.59 Å². The summed E-state index contributed by atoms with van der Waals surface area (Å²) in [6, 6.07) is 10.7. The predicted molar refractivity (Wildman–Crippen MR) is 93.9 cm³/mol. The number of hydrogen-bond acceptors (Lipinski definition) is 5. The van der Waals surface area contributed by atoms with Crippen molar-refractivity contribution in [3.63, 3.8) is 0 Å². The molecule has 2 aromatic carbocycles. The Kier molecular flexibility index (Phi) is 7.14. The van der Waals surface area contributed by atoms with Crippen molar-refractivity contribution in [1.29, 1.82) is 0 Å². The minimum absolute atomic E-state index is 0.0348. The van der Waals surface area contributed by atoms with E-state index in [4.69, 9.17) is 14.2 Å². The van der Waals surface area contributed by atoms with E-state index < -0.39 is 11.8 Å². The number of hydrogen-bond donors (Lipinski definition) is 0. The third kappa shape index (κ3) is 5.58. The van der Waals surface area contributed by atoms with Crippen molar-refractivity contribution in [2.45, 2.75) is 26.4 Å². The average molecular weight is 360 g/mol. The molecule has 0 saturated heterocycles.